The van der Waals surface area contributed by atoms with Crippen molar-refractivity contribution >= 4 is 17.5 Å². The Morgan fingerprint density at radius 1 is 1.53 bits per heavy atom. The van der Waals surface area contributed by atoms with E-state index in [0.29, 0.717) is 5.02 Å². The van der Waals surface area contributed by atoms with Crippen LogP contribution in [0.1, 0.15) is 24.2 Å². The van der Waals surface area contributed by atoms with Gasteiger partial charge >= 0.3 is 0 Å². The highest BCUT2D eigenvalue weighted by molar-refractivity contribution is 6.30. The van der Waals surface area contributed by atoms with Gasteiger partial charge in [0.05, 0.1) is 11.7 Å². The molecule has 94 valence electrons. The number of hydrogen-bond donors (Lipinski definition) is 2. The summed E-state index contributed by atoms with van der Waals surface area (Å²) in [5.74, 6) is -1.19. The number of carbonyl (C=O) groups excluding carboxylic acids is 1. The highest BCUT2D eigenvalue weighted by Gasteiger charge is 2.15. The van der Waals surface area contributed by atoms with E-state index in [2.05, 4.69) is 5.32 Å². The van der Waals surface area contributed by atoms with Crippen molar-refractivity contribution in [3.05, 3.63) is 34.6 Å². The maximum Gasteiger partial charge on any atom is 0.254 e. The van der Waals surface area contributed by atoms with Gasteiger partial charge in [-0.05, 0) is 24.1 Å². The Labute approximate surface area is 105 Å². The van der Waals surface area contributed by atoms with Gasteiger partial charge in [-0.1, -0.05) is 25.4 Å². The zero-order valence-electron chi connectivity index (χ0n) is 9.71. The first-order chi connectivity index (χ1) is 7.91. The fourth-order valence-corrected chi connectivity index (χ4v) is 1.37. The maximum absolute atomic E-state index is 13.3. The Balaban J connectivity index is 2.67. The van der Waals surface area contributed by atoms with Crippen molar-refractivity contribution in [1.82, 2.24) is 5.32 Å². The molecule has 2 N–H and O–H groups in total. The van der Waals surface area contributed by atoms with Gasteiger partial charge < -0.3 is 10.4 Å². The quantitative estimate of drug-likeness (QED) is 0.871. The topological polar surface area (TPSA) is 49.3 Å². The molecule has 1 amide bonds. The molecular weight excluding hydrogens is 245 g/mol. The van der Waals surface area contributed by atoms with E-state index < -0.39 is 17.8 Å². The Bertz CT molecular complexity index is 409. The molecule has 0 aliphatic rings. The number of aliphatic hydroxyl groups is 1. The number of amides is 1. The van der Waals surface area contributed by atoms with E-state index in [-0.39, 0.29) is 18.0 Å². The first-order valence-electron chi connectivity index (χ1n) is 5.33. The first kappa shape index (κ1) is 13.9. The zero-order chi connectivity index (χ0) is 13.0. The summed E-state index contributed by atoms with van der Waals surface area (Å²) in [5.41, 5.74) is -0.117. The molecule has 1 aromatic carbocycles. The summed E-state index contributed by atoms with van der Waals surface area (Å²) in [4.78, 5) is 11.6. The van der Waals surface area contributed by atoms with Crippen LogP contribution in [0.5, 0.6) is 0 Å². The molecule has 0 bridgehead atoms. The monoisotopic (exact) mass is 259 g/mol. The van der Waals surface area contributed by atoms with Gasteiger partial charge in [0.15, 0.2) is 0 Å². The predicted octanol–water partition coefficient (Wildman–Crippen LogP) is 2.23. The van der Waals surface area contributed by atoms with Crippen molar-refractivity contribution in [2.24, 2.45) is 5.92 Å². The second-order valence-corrected chi connectivity index (χ2v) is 4.58. The molecule has 0 heterocycles. The predicted molar refractivity (Wildman–Crippen MR) is 64.6 cm³/mol. The fraction of sp³-hybridized carbons (Fsp3) is 0.417. The SMILES string of the molecule is CC(C)C(O)CNC(=O)c1cc(Cl)ccc1F. The number of carbonyl (C=O) groups is 1. The minimum atomic E-state index is -0.652. The molecule has 3 nitrogen and oxygen atoms in total. The molecule has 0 aliphatic carbocycles. The lowest BCUT2D eigenvalue weighted by Gasteiger charge is -2.15. The van der Waals surface area contributed by atoms with Crippen molar-refractivity contribution in [2.75, 3.05) is 6.54 Å². The number of halogens is 2. The number of nitrogens with one attached hydrogen (secondary N) is 1. The van der Waals surface area contributed by atoms with E-state index >= 15 is 0 Å². The third-order valence-electron chi connectivity index (χ3n) is 2.41. The fourth-order valence-electron chi connectivity index (χ4n) is 1.20. The number of hydrogen-bond acceptors (Lipinski definition) is 2. The Hall–Kier alpha value is -1.13. The molecule has 0 saturated heterocycles. The number of rotatable bonds is 4. The third-order valence-corrected chi connectivity index (χ3v) is 2.65. The van der Waals surface area contributed by atoms with Crippen molar-refractivity contribution in [1.29, 1.82) is 0 Å². The van der Waals surface area contributed by atoms with Crippen LogP contribution in [0, 0.1) is 11.7 Å². The van der Waals surface area contributed by atoms with E-state index in [4.69, 9.17) is 11.6 Å². The van der Waals surface area contributed by atoms with Crippen molar-refractivity contribution < 1.29 is 14.3 Å². The molecule has 0 fully saturated rings. The summed E-state index contributed by atoms with van der Waals surface area (Å²) in [6, 6.07) is 3.76. The average molecular weight is 260 g/mol. The highest BCUT2D eigenvalue weighted by atomic mass is 35.5. The molecule has 1 unspecified atom stereocenters. The van der Waals surface area contributed by atoms with Crippen LogP contribution in [0.2, 0.25) is 5.02 Å². The van der Waals surface area contributed by atoms with Crippen LogP contribution in [0.15, 0.2) is 18.2 Å². The lowest BCUT2D eigenvalue weighted by atomic mass is 10.1. The van der Waals surface area contributed by atoms with Gasteiger partial charge in [0.25, 0.3) is 5.91 Å². The molecule has 1 rings (SSSR count). The van der Waals surface area contributed by atoms with Crippen LogP contribution < -0.4 is 5.32 Å². The van der Waals surface area contributed by atoms with Gasteiger partial charge in [-0.15, -0.1) is 0 Å². The van der Waals surface area contributed by atoms with Crippen molar-refractivity contribution in [2.45, 2.75) is 20.0 Å². The molecule has 17 heavy (non-hydrogen) atoms. The van der Waals surface area contributed by atoms with E-state index in [1.54, 1.807) is 0 Å². The highest BCUT2D eigenvalue weighted by Crippen LogP contribution is 2.14. The summed E-state index contributed by atoms with van der Waals surface area (Å²) in [5, 5.41) is 12.3. The molecule has 0 saturated carbocycles. The summed E-state index contributed by atoms with van der Waals surface area (Å²) in [7, 11) is 0. The van der Waals surface area contributed by atoms with Crippen LogP contribution >= 0.6 is 11.6 Å². The summed E-state index contributed by atoms with van der Waals surface area (Å²) >= 11 is 5.68. The average Bonchev–Trinajstić information content (AvgIpc) is 2.28. The Kier molecular flexibility index (Phi) is 4.90. The summed E-state index contributed by atoms with van der Waals surface area (Å²) < 4.78 is 13.3. The van der Waals surface area contributed by atoms with E-state index in [9.17, 15) is 14.3 Å². The van der Waals surface area contributed by atoms with Gasteiger partial charge in [0.2, 0.25) is 0 Å². The maximum atomic E-state index is 13.3. The number of aliphatic hydroxyl groups excluding tert-OH is 1. The normalized spacial score (nSPS) is 12.6. The molecule has 0 radical (unpaired) electrons. The van der Waals surface area contributed by atoms with Gasteiger partial charge in [-0.2, -0.15) is 0 Å². The largest absolute Gasteiger partial charge is 0.391 e. The first-order valence-corrected chi connectivity index (χ1v) is 5.71. The Morgan fingerprint density at radius 3 is 2.76 bits per heavy atom. The van der Waals surface area contributed by atoms with E-state index in [0.717, 1.165) is 6.07 Å². The van der Waals surface area contributed by atoms with Crippen LogP contribution in [-0.4, -0.2) is 23.7 Å². The van der Waals surface area contributed by atoms with Crippen molar-refractivity contribution in [3.63, 3.8) is 0 Å². The second kappa shape index (κ2) is 5.98. The lowest BCUT2D eigenvalue weighted by molar-refractivity contribution is 0.0868. The molecule has 0 spiro atoms. The van der Waals surface area contributed by atoms with Crippen LogP contribution in [0.3, 0.4) is 0 Å². The Morgan fingerprint density at radius 2 is 2.18 bits per heavy atom. The van der Waals surface area contributed by atoms with Crippen LogP contribution in [0.4, 0.5) is 4.39 Å². The van der Waals surface area contributed by atoms with E-state index in [1.165, 1.54) is 12.1 Å². The molecule has 1 atom stereocenters. The van der Waals surface area contributed by atoms with Gasteiger partial charge in [0.1, 0.15) is 5.82 Å². The van der Waals surface area contributed by atoms with Crippen LogP contribution in [0.25, 0.3) is 0 Å². The van der Waals surface area contributed by atoms with Gasteiger partial charge in [-0.3, -0.25) is 4.79 Å². The second-order valence-electron chi connectivity index (χ2n) is 4.15. The van der Waals surface area contributed by atoms with Gasteiger partial charge in [0, 0.05) is 11.6 Å². The number of benzene rings is 1. The third kappa shape index (κ3) is 3.98. The molecule has 5 heteroatoms. The molecule has 0 aromatic heterocycles. The standard InChI is InChI=1S/C12H15ClFNO2/c1-7(2)11(16)6-15-12(17)9-5-8(13)3-4-10(9)14/h3-5,7,11,16H,6H2,1-2H3,(H,15,17). The van der Waals surface area contributed by atoms with Crippen LogP contribution in [-0.2, 0) is 0 Å². The smallest absolute Gasteiger partial charge is 0.254 e. The lowest BCUT2D eigenvalue weighted by Crippen LogP contribution is -2.35. The van der Waals surface area contributed by atoms with E-state index in [1.807, 2.05) is 13.8 Å². The molecule has 0 aliphatic heterocycles. The zero-order valence-corrected chi connectivity index (χ0v) is 10.5. The molecular formula is C12H15ClFNO2. The van der Waals surface area contributed by atoms with Gasteiger partial charge in [-0.25, -0.2) is 4.39 Å². The minimum Gasteiger partial charge on any atom is -0.391 e. The van der Waals surface area contributed by atoms with Crippen molar-refractivity contribution in [3.8, 4) is 0 Å². The molecule has 1 aromatic rings. The minimum absolute atomic E-state index is 0.0273. The summed E-state index contributed by atoms with van der Waals surface area (Å²) in [6.45, 7) is 3.75. The summed E-state index contributed by atoms with van der Waals surface area (Å²) in [6.07, 6.45) is -0.652.